The first-order valence-corrected chi connectivity index (χ1v) is 6.32. The van der Waals surface area contributed by atoms with Crippen LogP contribution in [0.1, 0.15) is 23.2 Å². The maximum atomic E-state index is 12.4. The van der Waals surface area contributed by atoms with Crippen LogP contribution in [0.3, 0.4) is 0 Å². The molecule has 1 amide bonds. The molecule has 0 bridgehead atoms. The summed E-state index contributed by atoms with van der Waals surface area (Å²) in [6, 6.07) is 3.47. The molecule has 7 nitrogen and oxygen atoms in total. The van der Waals surface area contributed by atoms with E-state index in [1.165, 1.54) is 11.0 Å². The SMILES string of the molecule is COC1CCCN(C(=O)c2cc(O)ccc2[N+](=O)[O-])C1. The monoisotopic (exact) mass is 280 g/mol. The van der Waals surface area contributed by atoms with Crippen LogP contribution in [0.15, 0.2) is 18.2 Å². The highest BCUT2D eigenvalue weighted by Gasteiger charge is 2.29. The Balaban J connectivity index is 2.28. The molecule has 108 valence electrons. The predicted molar refractivity (Wildman–Crippen MR) is 70.7 cm³/mol. The summed E-state index contributed by atoms with van der Waals surface area (Å²) in [6.07, 6.45) is 1.60. The van der Waals surface area contributed by atoms with Gasteiger partial charge in [-0.3, -0.25) is 14.9 Å². The minimum atomic E-state index is -0.621. The first kappa shape index (κ1) is 14.3. The quantitative estimate of drug-likeness (QED) is 0.669. The zero-order valence-corrected chi connectivity index (χ0v) is 11.1. The van der Waals surface area contributed by atoms with Crippen LogP contribution in [0.25, 0.3) is 0 Å². The van der Waals surface area contributed by atoms with Crippen molar-refractivity contribution in [2.75, 3.05) is 20.2 Å². The van der Waals surface area contributed by atoms with Crippen molar-refractivity contribution in [2.24, 2.45) is 0 Å². The average Bonchev–Trinajstić information content (AvgIpc) is 2.46. The van der Waals surface area contributed by atoms with E-state index in [9.17, 15) is 20.0 Å². The zero-order chi connectivity index (χ0) is 14.7. The molecule has 0 aliphatic carbocycles. The Morgan fingerprint density at radius 2 is 2.30 bits per heavy atom. The molecular weight excluding hydrogens is 264 g/mol. The highest BCUT2D eigenvalue weighted by molar-refractivity contribution is 5.98. The minimum absolute atomic E-state index is 0.0518. The summed E-state index contributed by atoms with van der Waals surface area (Å²) in [5.74, 6) is -0.617. The lowest BCUT2D eigenvalue weighted by molar-refractivity contribution is -0.385. The number of rotatable bonds is 3. The van der Waals surface area contributed by atoms with E-state index in [2.05, 4.69) is 0 Å². The number of ether oxygens (including phenoxy) is 1. The second-order valence-corrected chi connectivity index (χ2v) is 4.71. The van der Waals surface area contributed by atoms with Gasteiger partial charge in [-0.15, -0.1) is 0 Å². The number of phenols is 1. The fraction of sp³-hybridized carbons (Fsp3) is 0.462. The van der Waals surface area contributed by atoms with Gasteiger partial charge < -0.3 is 14.7 Å². The largest absolute Gasteiger partial charge is 0.508 e. The fourth-order valence-corrected chi connectivity index (χ4v) is 2.34. The third kappa shape index (κ3) is 2.88. The number of amides is 1. The van der Waals surface area contributed by atoms with Gasteiger partial charge in [-0.1, -0.05) is 0 Å². The lowest BCUT2D eigenvalue weighted by atomic mass is 10.1. The Bertz CT molecular complexity index is 531. The smallest absolute Gasteiger partial charge is 0.282 e. The Kier molecular flexibility index (Phi) is 4.19. The third-order valence-corrected chi connectivity index (χ3v) is 3.41. The number of hydrogen-bond acceptors (Lipinski definition) is 5. The number of carbonyl (C=O) groups excluding carboxylic acids is 1. The van der Waals surface area contributed by atoms with E-state index in [0.29, 0.717) is 13.1 Å². The topological polar surface area (TPSA) is 92.9 Å². The number of aromatic hydroxyl groups is 1. The van der Waals surface area contributed by atoms with Crippen molar-refractivity contribution in [1.82, 2.24) is 4.90 Å². The lowest BCUT2D eigenvalue weighted by Gasteiger charge is -2.31. The molecule has 7 heteroatoms. The van der Waals surface area contributed by atoms with Crippen molar-refractivity contribution in [3.63, 3.8) is 0 Å². The van der Waals surface area contributed by atoms with Crippen molar-refractivity contribution in [3.05, 3.63) is 33.9 Å². The van der Waals surface area contributed by atoms with Crippen LogP contribution in [0, 0.1) is 10.1 Å². The molecule has 1 fully saturated rings. The summed E-state index contributed by atoms with van der Waals surface area (Å²) in [6.45, 7) is 0.938. The van der Waals surface area contributed by atoms with Gasteiger partial charge in [0.05, 0.1) is 11.0 Å². The zero-order valence-electron chi connectivity index (χ0n) is 11.1. The van der Waals surface area contributed by atoms with Gasteiger partial charge in [0.25, 0.3) is 11.6 Å². The molecule has 1 unspecified atom stereocenters. The normalized spacial score (nSPS) is 18.9. The van der Waals surface area contributed by atoms with Crippen LogP contribution in [-0.4, -0.2) is 47.1 Å². The van der Waals surface area contributed by atoms with Crippen molar-refractivity contribution < 1.29 is 19.6 Å². The summed E-state index contributed by atoms with van der Waals surface area (Å²) >= 11 is 0. The number of benzene rings is 1. The molecule has 2 rings (SSSR count). The van der Waals surface area contributed by atoms with E-state index in [0.717, 1.165) is 25.0 Å². The molecule has 1 N–H and O–H groups in total. The van der Waals surface area contributed by atoms with Crippen LogP contribution in [0.5, 0.6) is 5.75 Å². The standard InChI is InChI=1S/C13H16N2O5/c1-20-10-3-2-6-14(8-10)13(17)11-7-9(16)4-5-12(11)15(18)19/h4-5,7,10,16H,2-3,6,8H2,1H3. The number of piperidine rings is 1. The second kappa shape index (κ2) is 5.87. The highest BCUT2D eigenvalue weighted by Crippen LogP contribution is 2.26. The van der Waals surface area contributed by atoms with Gasteiger partial charge in [0.1, 0.15) is 11.3 Å². The highest BCUT2D eigenvalue weighted by atomic mass is 16.6. The van der Waals surface area contributed by atoms with E-state index < -0.39 is 10.8 Å². The van der Waals surface area contributed by atoms with Gasteiger partial charge in [0.2, 0.25) is 0 Å². The molecule has 1 aliphatic rings. The molecule has 0 aromatic heterocycles. The van der Waals surface area contributed by atoms with Crippen LogP contribution in [0.4, 0.5) is 5.69 Å². The molecule has 0 saturated carbocycles. The van der Waals surface area contributed by atoms with Gasteiger partial charge in [-0.25, -0.2) is 0 Å². The molecular formula is C13H16N2O5. The Hall–Kier alpha value is -2.15. The number of hydrogen-bond donors (Lipinski definition) is 1. The molecule has 1 atom stereocenters. The van der Waals surface area contributed by atoms with Crippen LogP contribution in [-0.2, 0) is 4.74 Å². The van der Waals surface area contributed by atoms with Gasteiger partial charge in [-0.05, 0) is 25.0 Å². The van der Waals surface area contributed by atoms with Gasteiger partial charge in [-0.2, -0.15) is 0 Å². The predicted octanol–water partition coefficient (Wildman–Crippen LogP) is 1.55. The Labute approximate surface area is 115 Å². The maximum absolute atomic E-state index is 12.4. The first-order valence-electron chi connectivity index (χ1n) is 6.32. The molecule has 0 spiro atoms. The summed E-state index contributed by atoms with van der Waals surface area (Å²) in [5.41, 5.74) is -0.390. The molecule has 1 aliphatic heterocycles. The second-order valence-electron chi connectivity index (χ2n) is 4.71. The van der Waals surface area contributed by atoms with Crippen LogP contribution >= 0.6 is 0 Å². The molecule has 1 heterocycles. The third-order valence-electron chi connectivity index (χ3n) is 3.41. The van der Waals surface area contributed by atoms with E-state index in [-0.39, 0.29) is 23.1 Å². The maximum Gasteiger partial charge on any atom is 0.282 e. The number of methoxy groups -OCH3 is 1. The van der Waals surface area contributed by atoms with Crippen molar-refractivity contribution in [2.45, 2.75) is 18.9 Å². The van der Waals surface area contributed by atoms with E-state index in [1.54, 1.807) is 7.11 Å². The van der Waals surface area contributed by atoms with Crippen LogP contribution in [0.2, 0.25) is 0 Å². The average molecular weight is 280 g/mol. The molecule has 20 heavy (non-hydrogen) atoms. The summed E-state index contributed by atoms with van der Waals surface area (Å²) in [5, 5.41) is 20.4. The molecule has 1 saturated heterocycles. The number of nitro benzene ring substituents is 1. The summed E-state index contributed by atoms with van der Waals surface area (Å²) < 4.78 is 5.23. The van der Waals surface area contributed by atoms with Crippen molar-refractivity contribution in [3.8, 4) is 5.75 Å². The van der Waals surface area contributed by atoms with E-state index in [4.69, 9.17) is 4.74 Å². The Morgan fingerprint density at radius 1 is 1.55 bits per heavy atom. The summed E-state index contributed by atoms with van der Waals surface area (Å²) in [4.78, 5) is 24.3. The van der Waals surface area contributed by atoms with Crippen molar-refractivity contribution in [1.29, 1.82) is 0 Å². The number of nitrogens with zero attached hydrogens (tertiary/aromatic N) is 2. The molecule has 1 aromatic carbocycles. The number of carbonyl (C=O) groups is 1. The molecule has 0 radical (unpaired) electrons. The number of nitro groups is 1. The number of phenolic OH excluding ortho intramolecular Hbond substituents is 1. The Morgan fingerprint density at radius 3 is 2.95 bits per heavy atom. The molecule has 1 aromatic rings. The van der Waals surface area contributed by atoms with E-state index in [1.807, 2.05) is 0 Å². The number of likely N-dealkylation sites (tertiary alicyclic amines) is 1. The fourth-order valence-electron chi connectivity index (χ4n) is 2.34. The van der Waals surface area contributed by atoms with Gasteiger partial charge in [0, 0.05) is 26.3 Å². The van der Waals surface area contributed by atoms with Gasteiger partial charge in [0.15, 0.2) is 0 Å². The van der Waals surface area contributed by atoms with E-state index >= 15 is 0 Å². The minimum Gasteiger partial charge on any atom is -0.508 e. The van der Waals surface area contributed by atoms with Gasteiger partial charge >= 0.3 is 0 Å². The van der Waals surface area contributed by atoms with Crippen LogP contribution < -0.4 is 0 Å². The first-order chi connectivity index (χ1) is 9.52. The van der Waals surface area contributed by atoms with Crippen molar-refractivity contribution >= 4 is 11.6 Å². The summed E-state index contributed by atoms with van der Waals surface area (Å²) in [7, 11) is 1.58. The lowest BCUT2D eigenvalue weighted by Crippen LogP contribution is -2.43.